The van der Waals surface area contributed by atoms with Gasteiger partial charge in [-0.25, -0.2) is 0 Å². The van der Waals surface area contributed by atoms with E-state index in [1.165, 1.54) is 7.11 Å². The molecule has 104 valence electrons. The Balaban J connectivity index is 2.09. The Bertz CT molecular complexity index is 593. The fourth-order valence-electron chi connectivity index (χ4n) is 1.81. The zero-order valence-electron chi connectivity index (χ0n) is 11.5. The van der Waals surface area contributed by atoms with E-state index in [4.69, 9.17) is 4.74 Å². The number of ether oxygens (including phenoxy) is 1. The highest BCUT2D eigenvalue weighted by Crippen LogP contribution is 2.20. The summed E-state index contributed by atoms with van der Waals surface area (Å²) < 4.78 is 5.07. The number of methoxy groups -OCH3 is 1. The van der Waals surface area contributed by atoms with E-state index >= 15 is 0 Å². The zero-order valence-corrected chi connectivity index (χ0v) is 11.5. The number of nitrogens with one attached hydrogen (secondary N) is 1. The number of benzene rings is 2. The number of aliphatic hydroxyl groups is 1. The largest absolute Gasteiger partial charge is 0.497 e. The SMILES string of the molecule is COc1cccc(C(O)C(=O)Nc2ccc(C)cc2)c1. The van der Waals surface area contributed by atoms with Crippen molar-refractivity contribution in [3.8, 4) is 5.75 Å². The van der Waals surface area contributed by atoms with Gasteiger partial charge in [0.05, 0.1) is 7.11 Å². The Hall–Kier alpha value is -2.33. The van der Waals surface area contributed by atoms with Gasteiger partial charge in [-0.2, -0.15) is 0 Å². The molecule has 0 spiro atoms. The number of carbonyl (C=O) groups is 1. The van der Waals surface area contributed by atoms with Crippen molar-refractivity contribution in [2.75, 3.05) is 12.4 Å². The lowest BCUT2D eigenvalue weighted by molar-refractivity contribution is -0.124. The van der Waals surface area contributed by atoms with E-state index in [2.05, 4.69) is 5.32 Å². The third-order valence-corrected chi connectivity index (χ3v) is 2.98. The summed E-state index contributed by atoms with van der Waals surface area (Å²) in [6.07, 6.45) is -1.23. The Morgan fingerprint density at radius 1 is 1.20 bits per heavy atom. The van der Waals surface area contributed by atoms with E-state index in [9.17, 15) is 9.90 Å². The molecule has 20 heavy (non-hydrogen) atoms. The van der Waals surface area contributed by atoms with Crippen LogP contribution in [0.25, 0.3) is 0 Å². The maximum Gasteiger partial charge on any atom is 0.257 e. The zero-order chi connectivity index (χ0) is 14.5. The van der Waals surface area contributed by atoms with Gasteiger partial charge in [0.1, 0.15) is 5.75 Å². The number of aryl methyl sites for hydroxylation is 1. The van der Waals surface area contributed by atoms with E-state index in [0.717, 1.165) is 5.56 Å². The van der Waals surface area contributed by atoms with E-state index in [0.29, 0.717) is 17.0 Å². The molecule has 0 saturated heterocycles. The second-order valence-electron chi connectivity index (χ2n) is 4.53. The van der Waals surface area contributed by atoms with Crippen molar-refractivity contribution in [3.05, 3.63) is 59.7 Å². The number of amides is 1. The van der Waals surface area contributed by atoms with Crippen LogP contribution < -0.4 is 10.1 Å². The molecule has 4 heteroatoms. The van der Waals surface area contributed by atoms with Gasteiger partial charge in [-0.3, -0.25) is 4.79 Å². The summed E-state index contributed by atoms with van der Waals surface area (Å²) in [6.45, 7) is 1.97. The molecule has 1 unspecified atom stereocenters. The minimum atomic E-state index is -1.23. The fourth-order valence-corrected chi connectivity index (χ4v) is 1.81. The van der Waals surface area contributed by atoms with Crippen molar-refractivity contribution in [3.63, 3.8) is 0 Å². The highest BCUT2D eigenvalue weighted by atomic mass is 16.5. The van der Waals surface area contributed by atoms with Gasteiger partial charge in [-0.15, -0.1) is 0 Å². The molecular weight excluding hydrogens is 254 g/mol. The molecule has 0 aromatic heterocycles. The molecule has 0 bridgehead atoms. The molecular formula is C16H17NO3. The normalized spacial score (nSPS) is 11.8. The van der Waals surface area contributed by atoms with Crippen LogP contribution in [-0.4, -0.2) is 18.1 Å². The number of hydrogen-bond acceptors (Lipinski definition) is 3. The van der Waals surface area contributed by atoms with E-state index < -0.39 is 12.0 Å². The van der Waals surface area contributed by atoms with Crippen LogP contribution in [0.2, 0.25) is 0 Å². The van der Waals surface area contributed by atoms with Crippen LogP contribution in [0.15, 0.2) is 48.5 Å². The second kappa shape index (κ2) is 6.21. The molecule has 1 amide bonds. The van der Waals surface area contributed by atoms with Gasteiger partial charge < -0.3 is 15.2 Å². The molecule has 1 atom stereocenters. The lowest BCUT2D eigenvalue weighted by atomic mass is 10.1. The van der Waals surface area contributed by atoms with Crippen molar-refractivity contribution in [1.82, 2.24) is 0 Å². The first-order chi connectivity index (χ1) is 9.60. The number of hydrogen-bond donors (Lipinski definition) is 2. The summed E-state index contributed by atoms with van der Waals surface area (Å²) in [5.41, 5.74) is 2.26. The van der Waals surface area contributed by atoms with Gasteiger partial charge in [-0.1, -0.05) is 29.8 Å². The van der Waals surface area contributed by atoms with Gasteiger partial charge in [0.2, 0.25) is 0 Å². The average molecular weight is 271 g/mol. The van der Waals surface area contributed by atoms with Crippen molar-refractivity contribution in [1.29, 1.82) is 0 Å². The van der Waals surface area contributed by atoms with Gasteiger partial charge in [0, 0.05) is 5.69 Å². The van der Waals surface area contributed by atoms with Gasteiger partial charge >= 0.3 is 0 Å². The fraction of sp³-hybridized carbons (Fsp3) is 0.188. The van der Waals surface area contributed by atoms with Crippen LogP contribution in [0, 0.1) is 6.92 Å². The quantitative estimate of drug-likeness (QED) is 0.898. The molecule has 0 heterocycles. The Kier molecular flexibility index (Phi) is 4.38. The van der Waals surface area contributed by atoms with Crippen molar-refractivity contribution < 1.29 is 14.6 Å². The Morgan fingerprint density at radius 2 is 1.90 bits per heavy atom. The van der Waals surface area contributed by atoms with Crippen LogP contribution in [-0.2, 0) is 4.79 Å². The van der Waals surface area contributed by atoms with E-state index in [-0.39, 0.29) is 0 Å². The summed E-state index contributed by atoms with van der Waals surface area (Å²) in [7, 11) is 1.54. The average Bonchev–Trinajstić information content (AvgIpc) is 2.48. The molecule has 2 aromatic rings. The molecule has 2 rings (SSSR count). The molecule has 0 aliphatic rings. The van der Waals surface area contributed by atoms with Crippen LogP contribution in [0.5, 0.6) is 5.75 Å². The Labute approximate surface area is 118 Å². The summed E-state index contributed by atoms with van der Waals surface area (Å²) in [5.74, 6) is 0.131. The third kappa shape index (κ3) is 3.36. The standard InChI is InChI=1S/C16H17NO3/c1-11-6-8-13(9-7-11)17-16(19)15(18)12-4-3-5-14(10-12)20-2/h3-10,15,18H,1-2H3,(H,17,19). The summed E-state index contributed by atoms with van der Waals surface area (Å²) >= 11 is 0. The highest BCUT2D eigenvalue weighted by molar-refractivity contribution is 5.94. The van der Waals surface area contributed by atoms with Crippen molar-refractivity contribution >= 4 is 11.6 Å². The first kappa shape index (κ1) is 14.1. The highest BCUT2D eigenvalue weighted by Gasteiger charge is 2.17. The van der Waals surface area contributed by atoms with Crippen molar-refractivity contribution in [2.45, 2.75) is 13.0 Å². The van der Waals surface area contributed by atoms with Crippen LogP contribution in [0.1, 0.15) is 17.2 Å². The number of anilines is 1. The molecule has 0 saturated carbocycles. The number of carbonyl (C=O) groups excluding carboxylic acids is 1. The molecule has 0 aliphatic carbocycles. The molecule has 0 aliphatic heterocycles. The maximum absolute atomic E-state index is 12.0. The minimum absolute atomic E-state index is 0.470. The number of rotatable bonds is 4. The first-order valence-electron chi connectivity index (χ1n) is 6.29. The van der Waals surface area contributed by atoms with E-state index in [1.807, 2.05) is 19.1 Å². The monoisotopic (exact) mass is 271 g/mol. The smallest absolute Gasteiger partial charge is 0.257 e. The predicted molar refractivity (Wildman–Crippen MR) is 77.8 cm³/mol. The summed E-state index contributed by atoms with van der Waals surface area (Å²) in [5, 5.41) is 12.7. The maximum atomic E-state index is 12.0. The molecule has 0 radical (unpaired) electrons. The first-order valence-corrected chi connectivity index (χ1v) is 6.29. The van der Waals surface area contributed by atoms with Crippen molar-refractivity contribution in [2.24, 2.45) is 0 Å². The van der Waals surface area contributed by atoms with Crippen LogP contribution in [0.3, 0.4) is 0 Å². The molecule has 0 fully saturated rings. The molecule has 2 N–H and O–H groups in total. The molecule has 2 aromatic carbocycles. The van der Waals surface area contributed by atoms with Crippen LogP contribution >= 0.6 is 0 Å². The minimum Gasteiger partial charge on any atom is -0.497 e. The number of aliphatic hydroxyl groups excluding tert-OH is 1. The third-order valence-electron chi connectivity index (χ3n) is 2.98. The lowest BCUT2D eigenvalue weighted by Gasteiger charge is -2.12. The van der Waals surface area contributed by atoms with E-state index in [1.54, 1.807) is 36.4 Å². The predicted octanol–water partition coefficient (Wildman–Crippen LogP) is 2.68. The summed E-state index contributed by atoms with van der Waals surface area (Å²) in [4.78, 5) is 12.0. The molecule has 4 nitrogen and oxygen atoms in total. The van der Waals surface area contributed by atoms with Gasteiger partial charge in [-0.05, 0) is 36.8 Å². The van der Waals surface area contributed by atoms with Gasteiger partial charge in [0.25, 0.3) is 5.91 Å². The lowest BCUT2D eigenvalue weighted by Crippen LogP contribution is -2.20. The Morgan fingerprint density at radius 3 is 2.55 bits per heavy atom. The second-order valence-corrected chi connectivity index (χ2v) is 4.53. The topological polar surface area (TPSA) is 58.6 Å². The summed E-state index contributed by atoms with van der Waals surface area (Å²) in [6, 6.07) is 14.2. The van der Waals surface area contributed by atoms with Crippen LogP contribution in [0.4, 0.5) is 5.69 Å². The van der Waals surface area contributed by atoms with Gasteiger partial charge in [0.15, 0.2) is 6.10 Å².